The van der Waals surface area contributed by atoms with Crippen LogP contribution in [-0.4, -0.2) is 43.7 Å². The molecule has 0 aromatic heterocycles. The van der Waals surface area contributed by atoms with Gasteiger partial charge in [-0.25, -0.2) is 5.43 Å². The second-order valence-electron chi connectivity index (χ2n) is 4.77. The van der Waals surface area contributed by atoms with Crippen LogP contribution in [0.5, 0.6) is 0 Å². The maximum Gasteiger partial charge on any atom is 0.329 e. The first-order valence-electron chi connectivity index (χ1n) is 7.08. The fourth-order valence-corrected chi connectivity index (χ4v) is 1.91. The molecule has 1 aromatic rings. The number of carbonyl (C=O) groups is 3. The lowest BCUT2D eigenvalue weighted by molar-refractivity contribution is -0.139. The summed E-state index contributed by atoms with van der Waals surface area (Å²) >= 11 is 2.17. The number of halogens is 1. The molecule has 0 spiro atoms. The Labute approximate surface area is 153 Å². The molecule has 0 aliphatic carbocycles. The average Bonchev–Trinajstić information content (AvgIpc) is 2.54. The summed E-state index contributed by atoms with van der Waals surface area (Å²) in [6.45, 7) is 2.11. The topological polar surface area (TPSA) is 109 Å². The number of nitrogens with one attached hydrogen (secondary N) is 3. The molecule has 0 bridgehead atoms. The Kier molecular flexibility index (Phi) is 8.94. The average molecular weight is 446 g/mol. The van der Waals surface area contributed by atoms with Crippen molar-refractivity contribution < 1.29 is 19.1 Å². The standard InChI is InChI=1S/C15H19IN4O4/c1-10(19-20-15(23)14(22)17-7-8-24-2)9-13(21)18-12-5-3-11(16)4-6-12/h3-6H,7-9H2,1-2H3,(H,17,22)(H,18,21)(H,20,23)/b19-10+. The highest BCUT2D eigenvalue weighted by atomic mass is 127. The molecule has 8 nitrogen and oxygen atoms in total. The summed E-state index contributed by atoms with van der Waals surface area (Å²) in [5, 5.41) is 8.81. The van der Waals surface area contributed by atoms with Gasteiger partial charge in [-0.05, 0) is 53.8 Å². The Hall–Kier alpha value is -2.01. The molecule has 0 radical (unpaired) electrons. The van der Waals surface area contributed by atoms with Crippen LogP contribution >= 0.6 is 22.6 Å². The SMILES string of the molecule is COCCNC(=O)C(=O)N/N=C(\C)CC(=O)Nc1ccc(I)cc1. The number of methoxy groups -OCH3 is 1. The van der Waals surface area contributed by atoms with Gasteiger partial charge in [-0.2, -0.15) is 5.10 Å². The van der Waals surface area contributed by atoms with Gasteiger partial charge in [-0.3, -0.25) is 14.4 Å². The highest BCUT2D eigenvalue weighted by molar-refractivity contribution is 14.1. The second-order valence-corrected chi connectivity index (χ2v) is 6.01. The van der Waals surface area contributed by atoms with Gasteiger partial charge in [0.2, 0.25) is 5.91 Å². The molecule has 3 N–H and O–H groups in total. The van der Waals surface area contributed by atoms with E-state index in [1.807, 2.05) is 12.1 Å². The van der Waals surface area contributed by atoms with Crippen LogP contribution in [0.2, 0.25) is 0 Å². The fraction of sp³-hybridized carbons (Fsp3) is 0.333. The largest absolute Gasteiger partial charge is 0.383 e. The second kappa shape index (κ2) is 10.7. The number of rotatable bonds is 7. The Morgan fingerprint density at radius 3 is 2.46 bits per heavy atom. The Morgan fingerprint density at radius 1 is 1.17 bits per heavy atom. The van der Waals surface area contributed by atoms with E-state index in [9.17, 15) is 14.4 Å². The number of benzene rings is 1. The van der Waals surface area contributed by atoms with Crippen molar-refractivity contribution >= 4 is 51.7 Å². The normalized spacial score (nSPS) is 10.9. The van der Waals surface area contributed by atoms with Crippen molar-refractivity contribution in [1.29, 1.82) is 0 Å². The van der Waals surface area contributed by atoms with Crippen LogP contribution in [-0.2, 0) is 19.1 Å². The molecule has 24 heavy (non-hydrogen) atoms. The van der Waals surface area contributed by atoms with Gasteiger partial charge < -0.3 is 15.4 Å². The van der Waals surface area contributed by atoms with E-state index < -0.39 is 11.8 Å². The summed E-state index contributed by atoms with van der Waals surface area (Å²) in [6, 6.07) is 7.33. The number of nitrogens with zero attached hydrogens (tertiary/aromatic N) is 1. The summed E-state index contributed by atoms with van der Waals surface area (Å²) in [5.74, 6) is -1.98. The quantitative estimate of drug-likeness (QED) is 0.190. The summed E-state index contributed by atoms with van der Waals surface area (Å²) in [4.78, 5) is 34.7. The minimum atomic E-state index is -0.900. The number of amides is 3. The van der Waals surface area contributed by atoms with Crippen molar-refractivity contribution in [3.8, 4) is 0 Å². The number of hydrogen-bond acceptors (Lipinski definition) is 5. The summed E-state index contributed by atoms with van der Waals surface area (Å²) in [6.07, 6.45) is -0.00242. The first kappa shape index (κ1) is 20.0. The van der Waals surface area contributed by atoms with Crippen molar-refractivity contribution in [3.63, 3.8) is 0 Å². The zero-order chi connectivity index (χ0) is 17.9. The smallest absolute Gasteiger partial charge is 0.329 e. The lowest BCUT2D eigenvalue weighted by Gasteiger charge is -2.06. The van der Waals surface area contributed by atoms with E-state index in [1.165, 1.54) is 7.11 Å². The maximum absolute atomic E-state index is 11.9. The van der Waals surface area contributed by atoms with E-state index in [1.54, 1.807) is 19.1 Å². The number of carbonyl (C=O) groups excluding carboxylic acids is 3. The van der Waals surface area contributed by atoms with E-state index in [-0.39, 0.29) is 18.9 Å². The maximum atomic E-state index is 11.9. The minimum Gasteiger partial charge on any atom is -0.383 e. The Balaban J connectivity index is 2.40. The third-order valence-corrected chi connectivity index (χ3v) is 3.41. The van der Waals surface area contributed by atoms with Gasteiger partial charge in [0.25, 0.3) is 0 Å². The van der Waals surface area contributed by atoms with Gasteiger partial charge in [0, 0.05) is 28.6 Å². The Morgan fingerprint density at radius 2 is 1.83 bits per heavy atom. The van der Waals surface area contributed by atoms with Gasteiger partial charge in [0.1, 0.15) is 0 Å². The van der Waals surface area contributed by atoms with E-state index in [2.05, 4.69) is 43.8 Å². The molecule has 130 valence electrons. The van der Waals surface area contributed by atoms with Crippen LogP contribution in [0.25, 0.3) is 0 Å². The lowest BCUT2D eigenvalue weighted by Crippen LogP contribution is -2.39. The van der Waals surface area contributed by atoms with Crippen molar-refractivity contribution in [2.75, 3.05) is 25.6 Å². The molecule has 0 heterocycles. The minimum absolute atomic E-state index is 0.00242. The molecular weight excluding hydrogens is 427 g/mol. The van der Waals surface area contributed by atoms with E-state index in [0.29, 0.717) is 18.0 Å². The van der Waals surface area contributed by atoms with Gasteiger partial charge in [-0.15, -0.1) is 0 Å². The number of anilines is 1. The molecule has 0 saturated heterocycles. The molecule has 0 fully saturated rings. The zero-order valence-corrected chi connectivity index (χ0v) is 15.5. The van der Waals surface area contributed by atoms with Crippen LogP contribution < -0.4 is 16.1 Å². The summed E-state index contributed by atoms with van der Waals surface area (Å²) < 4.78 is 5.82. The van der Waals surface area contributed by atoms with Gasteiger partial charge >= 0.3 is 11.8 Å². The molecule has 0 atom stereocenters. The van der Waals surface area contributed by atoms with Crippen molar-refractivity contribution in [3.05, 3.63) is 27.8 Å². The predicted molar refractivity (Wildman–Crippen MR) is 98.5 cm³/mol. The number of hydrazone groups is 1. The van der Waals surface area contributed by atoms with E-state index >= 15 is 0 Å². The molecule has 3 amide bonds. The van der Waals surface area contributed by atoms with Gasteiger partial charge in [0.15, 0.2) is 0 Å². The Bertz CT molecular complexity index is 616. The number of hydrogen-bond donors (Lipinski definition) is 3. The van der Waals surface area contributed by atoms with E-state index in [0.717, 1.165) is 3.57 Å². The predicted octanol–water partition coefficient (Wildman–Crippen LogP) is 0.874. The highest BCUT2D eigenvalue weighted by Crippen LogP contribution is 2.11. The first-order valence-corrected chi connectivity index (χ1v) is 8.16. The van der Waals surface area contributed by atoms with Crippen LogP contribution in [0.15, 0.2) is 29.4 Å². The molecule has 0 saturated carbocycles. The van der Waals surface area contributed by atoms with Gasteiger partial charge in [-0.1, -0.05) is 0 Å². The molecule has 9 heteroatoms. The molecule has 1 aromatic carbocycles. The van der Waals surface area contributed by atoms with Crippen LogP contribution in [0.4, 0.5) is 5.69 Å². The number of ether oxygens (including phenoxy) is 1. The summed E-state index contributed by atoms with van der Waals surface area (Å²) in [7, 11) is 1.49. The van der Waals surface area contributed by atoms with Crippen LogP contribution in [0, 0.1) is 3.57 Å². The third kappa shape index (κ3) is 8.02. The van der Waals surface area contributed by atoms with Gasteiger partial charge in [0.05, 0.1) is 13.0 Å². The van der Waals surface area contributed by atoms with Crippen molar-refractivity contribution in [2.45, 2.75) is 13.3 Å². The third-order valence-electron chi connectivity index (χ3n) is 2.69. The summed E-state index contributed by atoms with van der Waals surface area (Å²) in [5.41, 5.74) is 3.15. The molecule has 1 rings (SSSR count). The van der Waals surface area contributed by atoms with Crippen LogP contribution in [0.1, 0.15) is 13.3 Å². The monoisotopic (exact) mass is 446 g/mol. The van der Waals surface area contributed by atoms with Crippen molar-refractivity contribution in [1.82, 2.24) is 10.7 Å². The molecule has 0 unspecified atom stereocenters. The fourth-order valence-electron chi connectivity index (χ4n) is 1.55. The highest BCUT2D eigenvalue weighted by Gasteiger charge is 2.12. The zero-order valence-electron chi connectivity index (χ0n) is 13.4. The van der Waals surface area contributed by atoms with E-state index in [4.69, 9.17) is 4.74 Å². The molecular formula is C15H19IN4O4. The van der Waals surface area contributed by atoms with Crippen molar-refractivity contribution in [2.24, 2.45) is 5.10 Å². The van der Waals surface area contributed by atoms with Crippen LogP contribution in [0.3, 0.4) is 0 Å². The first-order chi connectivity index (χ1) is 11.4. The molecule has 0 aliphatic rings. The molecule has 0 aliphatic heterocycles. The lowest BCUT2D eigenvalue weighted by atomic mass is 10.2.